The molecule has 3 rings (SSSR count). The molecule has 0 aromatic carbocycles. The molecule has 0 saturated carbocycles. The van der Waals surface area contributed by atoms with E-state index in [-0.39, 0.29) is 0 Å². The zero-order chi connectivity index (χ0) is 16.9. The number of nitrogens with zero attached hydrogens (tertiary/aromatic N) is 5. The highest BCUT2D eigenvalue weighted by molar-refractivity contribution is 8.00. The lowest BCUT2D eigenvalue weighted by atomic mass is 10.2. The van der Waals surface area contributed by atoms with Gasteiger partial charge in [0.1, 0.15) is 16.0 Å². The molecule has 0 saturated heterocycles. The second-order valence-corrected chi connectivity index (χ2v) is 6.49. The molecule has 1 atom stereocenters. The largest absolute Gasteiger partial charge is 0.480 e. The van der Waals surface area contributed by atoms with Gasteiger partial charge < -0.3 is 5.11 Å². The lowest BCUT2D eigenvalue weighted by Crippen LogP contribution is -2.16. The SMILES string of the molecule is CCCC[C@@H](Sc1ccc2nnc(-c3ccccn3)n2n1)C(=O)O. The Labute approximate surface area is 143 Å². The monoisotopic (exact) mass is 343 g/mol. The molecule has 1 N–H and O–H groups in total. The Hall–Kier alpha value is -2.48. The van der Waals surface area contributed by atoms with Gasteiger partial charge in [-0.05, 0) is 30.7 Å². The number of unbranched alkanes of at least 4 members (excludes halogenated alkanes) is 1. The molecular formula is C16H17N5O2S. The van der Waals surface area contributed by atoms with Crippen molar-refractivity contribution in [1.82, 2.24) is 24.8 Å². The molecule has 0 unspecified atom stereocenters. The smallest absolute Gasteiger partial charge is 0.317 e. The predicted octanol–water partition coefficient (Wildman–Crippen LogP) is 2.92. The third-order valence-corrected chi connectivity index (χ3v) is 4.67. The minimum Gasteiger partial charge on any atom is -0.480 e. The highest BCUT2D eigenvalue weighted by Crippen LogP contribution is 2.26. The Morgan fingerprint density at radius 1 is 1.29 bits per heavy atom. The fraction of sp³-hybridized carbons (Fsp3) is 0.312. The van der Waals surface area contributed by atoms with Crippen LogP contribution in [0.25, 0.3) is 17.2 Å². The summed E-state index contributed by atoms with van der Waals surface area (Å²) in [6, 6.07) is 9.09. The molecule has 0 radical (unpaired) electrons. The minimum absolute atomic E-state index is 0.510. The molecule has 3 heterocycles. The highest BCUT2D eigenvalue weighted by Gasteiger charge is 2.20. The summed E-state index contributed by atoms with van der Waals surface area (Å²) in [7, 11) is 0. The molecule has 3 aromatic heterocycles. The molecule has 124 valence electrons. The molecule has 24 heavy (non-hydrogen) atoms. The summed E-state index contributed by atoms with van der Waals surface area (Å²) >= 11 is 1.25. The molecule has 0 spiro atoms. The number of aromatic nitrogens is 5. The maximum Gasteiger partial charge on any atom is 0.317 e. The van der Waals surface area contributed by atoms with Crippen LogP contribution in [0.3, 0.4) is 0 Å². The Morgan fingerprint density at radius 3 is 2.88 bits per heavy atom. The molecule has 3 aromatic rings. The van der Waals surface area contributed by atoms with Gasteiger partial charge in [-0.15, -0.1) is 10.2 Å². The van der Waals surface area contributed by atoms with E-state index in [0.717, 1.165) is 12.8 Å². The summed E-state index contributed by atoms with van der Waals surface area (Å²) in [5.74, 6) is -0.280. The van der Waals surface area contributed by atoms with Crippen LogP contribution >= 0.6 is 11.8 Å². The van der Waals surface area contributed by atoms with E-state index in [2.05, 4.69) is 20.3 Å². The van der Waals surface area contributed by atoms with E-state index in [9.17, 15) is 9.90 Å². The second-order valence-electron chi connectivity index (χ2n) is 5.27. The van der Waals surface area contributed by atoms with E-state index in [1.54, 1.807) is 22.8 Å². The van der Waals surface area contributed by atoms with Crippen molar-refractivity contribution in [3.8, 4) is 11.5 Å². The fourth-order valence-corrected chi connectivity index (χ4v) is 3.21. The number of hydrogen-bond acceptors (Lipinski definition) is 6. The van der Waals surface area contributed by atoms with E-state index in [0.29, 0.717) is 28.6 Å². The number of pyridine rings is 1. The van der Waals surface area contributed by atoms with Crippen molar-refractivity contribution in [3.05, 3.63) is 36.5 Å². The number of hydrogen-bond donors (Lipinski definition) is 1. The number of aliphatic carboxylic acids is 1. The van der Waals surface area contributed by atoms with E-state index >= 15 is 0 Å². The molecule has 0 bridgehead atoms. The second kappa shape index (κ2) is 7.39. The number of carboxylic acid groups (broad SMARTS) is 1. The first-order valence-corrected chi connectivity index (χ1v) is 8.60. The van der Waals surface area contributed by atoms with Gasteiger partial charge in [-0.1, -0.05) is 37.6 Å². The summed E-state index contributed by atoms with van der Waals surface area (Å²) in [4.78, 5) is 15.7. The van der Waals surface area contributed by atoms with E-state index < -0.39 is 11.2 Å². The number of fused-ring (bicyclic) bond motifs is 1. The zero-order valence-electron chi connectivity index (χ0n) is 13.2. The van der Waals surface area contributed by atoms with Gasteiger partial charge in [0.25, 0.3) is 0 Å². The Kier molecular flexibility index (Phi) is 5.05. The van der Waals surface area contributed by atoms with Crippen LogP contribution in [0.2, 0.25) is 0 Å². The van der Waals surface area contributed by atoms with Gasteiger partial charge in [0.15, 0.2) is 5.65 Å². The molecule has 0 aliphatic rings. The summed E-state index contributed by atoms with van der Waals surface area (Å²) in [6.45, 7) is 2.05. The fourth-order valence-electron chi connectivity index (χ4n) is 2.26. The maximum absolute atomic E-state index is 11.4. The Bertz CT molecular complexity index is 837. The van der Waals surface area contributed by atoms with Gasteiger partial charge in [0.2, 0.25) is 5.82 Å². The van der Waals surface area contributed by atoms with Crippen molar-refractivity contribution < 1.29 is 9.90 Å². The van der Waals surface area contributed by atoms with Crippen molar-refractivity contribution in [1.29, 1.82) is 0 Å². The number of carboxylic acids is 1. The molecule has 0 fully saturated rings. The molecular weight excluding hydrogens is 326 g/mol. The van der Waals surface area contributed by atoms with Crippen LogP contribution in [0.15, 0.2) is 41.6 Å². The van der Waals surface area contributed by atoms with Gasteiger partial charge in [-0.2, -0.15) is 9.61 Å². The topological polar surface area (TPSA) is 93.3 Å². The van der Waals surface area contributed by atoms with Crippen LogP contribution in [0, 0.1) is 0 Å². The lowest BCUT2D eigenvalue weighted by molar-refractivity contribution is -0.136. The summed E-state index contributed by atoms with van der Waals surface area (Å²) < 4.78 is 1.60. The van der Waals surface area contributed by atoms with Crippen molar-refractivity contribution in [2.75, 3.05) is 0 Å². The Balaban J connectivity index is 1.91. The van der Waals surface area contributed by atoms with Crippen molar-refractivity contribution >= 4 is 23.4 Å². The van der Waals surface area contributed by atoms with Crippen molar-refractivity contribution in [2.45, 2.75) is 36.5 Å². The van der Waals surface area contributed by atoms with Crippen LogP contribution in [0.4, 0.5) is 0 Å². The summed E-state index contributed by atoms with van der Waals surface area (Å²) in [6.07, 6.45) is 4.13. The third kappa shape index (κ3) is 3.53. The normalized spacial score (nSPS) is 12.4. The molecule has 7 nitrogen and oxygen atoms in total. The average molecular weight is 343 g/mol. The number of thioether (sulfide) groups is 1. The van der Waals surface area contributed by atoms with Crippen LogP contribution < -0.4 is 0 Å². The minimum atomic E-state index is -0.816. The van der Waals surface area contributed by atoms with Gasteiger partial charge in [-0.3, -0.25) is 9.78 Å². The first-order valence-electron chi connectivity index (χ1n) is 7.72. The molecule has 8 heteroatoms. The van der Waals surface area contributed by atoms with Crippen LogP contribution in [0.5, 0.6) is 0 Å². The van der Waals surface area contributed by atoms with Gasteiger partial charge in [0.05, 0.1) is 0 Å². The van der Waals surface area contributed by atoms with Crippen LogP contribution in [-0.2, 0) is 4.79 Å². The summed E-state index contributed by atoms with van der Waals surface area (Å²) in [5.41, 5.74) is 1.26. The van der Waals surface area contributed by atoms with Crippen molar-refractivity contribution in [2.24, 2.45) is 0 Å². The molecule has 0 amide bonds. The number of rotatable bonds is 7. The van der Waals surface area contributed by atoms with Crippen LogP contribution in [-0.4, -0.2) is 41.1 Å². The zero-order valence-corrected chi connectivity index (χ0v) is 14.0. The average Bonchev–Trinajstić information content (AvgIpc) is 3.02. The van der Waals surface area contributed by atoms with Gasteiger partial charge >= 0.3 is 5.97 Å². The van der Waals surface area contributed by atoms with Gasteiger partial charge in [-0.25, -0.2) is 0 Å². The predicted molar refractivity (Wildman–Crippen MR) is 90.8 cm³/mol. The Morgan fingerprint density at radius 2 is 2.17 bits per heavy atom. The lowest BCUT2D eigenvalue weighted by Gasteiger charge is -2.10. The maximum atomic E-state index is 11.4. The van der Waals surface area contributed by atoms with E-state index in [1.807, 2.05) is 25.1 Å². The molecule has 0 aliphatic heterocycles. The molecule has 0 aliphatic carbocycles. The van der Waals surface area contributed by atoms with Crippen molar-refractivity contribution in [3.63, 3.8) is 0 Å². The highest BCUT2D eigenvalue weighted by atomic mass is 32.2. The quantitative estimate of drug-likeness (QED) is 0.659. The summed E-state index contributed by atoms with van der Waals surface area (Å²) in [5, 5.41) is 22.2. The van der Waals surface area contributed by atoms with Gasteiger partial charge in [0, 0.05) is 6.20 Å². The van der Waals surface area contributed by atoms with E-state index in [1.165, 1.54) is 11.8 Å². The van der Waals surface area contributed by atoms with E-state index in [4.69, 9.17) is 0 Å². The third-order valence-electron chi connectivity index (χ3n) is 3.49. The first-order chi connectivity index (χ1) is 11.7. The first kappa shape index (κ1) is 16.4. The standard InChI is InChI=1S/C16H17N5O2S/c1-2-3-7-12(16(22)23)24-14-9-8-13-18-19-15(21(13)20-14)11-6-4-5-10-17-11/h4-6,8-10,12H,2-3,7H2,1H3,(H,22,23)/t12-/m1/s1. The van der Waals surface area contributed by atoms with Crippen LogP contribution in [0.1, 0.15) is 26.2 Å². The number of carbonyl (C=O) groups is 1.